The molecule has 0 spiro atoms. The largest absolute Gasteiger partial charge is 0.466 e. The van der Waals surface area contributed by atoms with Crippen molar-refractivity contribution in [3.8, 4) is 0 Å². The van der Waals surface area contributed by atoms with E-state index in [0.29, 0.717) is 31.0 Å². The molecule has 2 unspecified atom stereocenters. The zero-order chi connectivity index (χ0) is 24.7. The van der Waals surface area contributed by atoms with Crippen LogP contribution >= 0.6 is 0 Å². The molecule has 0 aromatic heterocycles. The average molecular weight is 470 g/mol. The van der Waals surface area contributed by atoms with E-state index in [1.165, 1.54) is 0 Å². The number of amides is 2. The fourth-order valence-corrected chi connectivity index (χ4v) is 4.65. The number of ether oxygens (including phenoxy) is 2. The van der Waals surface area contributed by atoms with Crippen molar-refractivity contribution in [2.75, 3.05) is 39.4 Å². The Balaban J connectivity index is 2.05. The van der Waals surface area contributed by atoms with E-state index >= 15 is 0 Å². The van der Waals surface area contributed by atoms with Crippen molar-refractivity contribution in [2.24, 2.45) is 5.92 Å². The molecule has 2 heterocycles. The fraction of sp³-hybridized carbons (Fsp3) is 0.500. The van der Waals surface area contributed by atoms with Gasteiger partial charge in [0.2, 0.25) is 0 Å². The quantitative estimate of drug-likeness (QED) is 0.441. The molecule has 1 aromatic carbocycles. The summed E-state index contributed by atoms with van der Waals surface area (Å²) in [5, 5.41) is 3.00. The third-order valence-electron chi connectivity index (χ3n) is 6.24. The smallest absolute Gasteiger partial charge is 0.338 e. The van der Waals surface area contributed by atoms with Gasteiger partial charge in [-0.25, -0.2) is 9.59 Å². The van der Waals surface area contributed by atoms with Crippen LogP contribution < -0.4 is 5.32 Å². The van der Waals surface area contributed by atoms with Gasteiger partial charge in [-0.2, -0.15) is 0 Å². The van der Waals surface area contributed by atoms with E-state index in [9.17, 15) is 14.4 Å². The third kappa shape index (κ3) is 5.67. The molecule has 2 amide bonds. The van der Waals surface area contributed by atoms with Gasteiger partial charge >= 0.3 is 18.0 Å². The summed E-state index contributed by atoms with van der Waals surface area (Å²) in [6, 6.07) is 6.75. The molecular weight excluding hydrogens is 434 g/mol. The predicted octanol–water partition coefficient (Wildman–Crippen LogP) is 3.34. The number of urea groups is 1. The van der Waals surface area contributed by atoms with Crippen LogP contribution in [0, 0.1) is 12.8 Å². The number of benzene rings is 1. The summed E-state index contributed by atoms with van der Waals surface area (Å²) in [7, 11) is 0. The molecule has 3 rings (SSSR count). The highest BCUT2D eigenvalue weighted by Crippen LogP contribution is 2.34. The van der Waals surface area contributed by atoms with Gasteiger partial charge in [-0.05, 0) is 51.3 Å². The monoisotopic (exact) mass is 469 g/mol. The Bertz CT molecular complexity index is 958. The number of nitrogens with zero attached hydrogens (tertiary/aromatic N) is 2. The number of carbonyl (C=O) groups is 3. The lowest BCUT2D eigenvalue weighted by molar-refractivity contribution is -0.150. The van der Waals surface area contributed by atoms with Crippen LogP contribution in [0.3, 0.4) is 0 Å². The van der Waals surface area contributed by atoms with Crippen molar-refractivity contribution in [2.45, 2.75) is 39.7 Å². The minimum atomic E-state index is -0.630. The van der Waals surface area contributed by atoms with Crippen LogP contribution in [0.2, 0.25) is 0 Å². The van der Waals surface area contributed by atoms with Crippen LogP contribution in [0.4, 0.5) is 4.79 Å². The summed E-state index contributed by atoms with van der Waals surface area (Å²) in [6.45, 7) is 11.7. The van der Waals surface area contributed by atoms with Gasteiger partial charge in [0.25, 0.3) is 0 Å². The maximum atomic E-state index is 13.3. The zero-order valence-electron chi connectivity index (χ0n) is 20.3. The number of carbonyl (C=O) groups excluding carboxylic acids is 3. The minimum absolute atomic E-state index is 0.200. The normalized spacial score (nSPS) is 21.1. The molecule has 34 heavy (non-hydrogen) atoms. The van der Waals surface area contributed by atoms with Crippen molar-refractivity contribution < 1.29 is 23.9 Å². The number of likely N-dealkylation sites (tertiary alicyclic amines) is 1. The molecule has 0 aliphatic carbocycles. The summed E-state index contributed by atoms with van der Waals surface area (Å²) < 4.78 is 10.7. The molecule has 8 nitrogen and oxygen atoms in total. The van der Waals surface area contributed by atoms with E-state index in [4.69, 9.17) is 9.47 Å². The maximum Gasteiger partial charge on any atom is 0.338 e. The van der Waals surface area contributed by atoms with Crippen LogP contribution in [0.15, 0.2) is 48.2 Å². The average Bonchev–Trinajstić information content (AvgIpc) is 2.82. The number of hydrogen-bond donors (Lipinski definition) is 1. The molecule has 0 saturated carbocycles. The topological polar surface area (TPSA) is 88.2 Å². The second-order valence-electron chi connectivity index (χ2n) is 8.55. The number of esters is 2. The highest BCUT2D eigenvalue weighted by Gasteiger charge is 2.39. The first kappa shape index (κ1) is 25.5. The number of rotatable bonds is 9. The molecule has 1 aromatic rings. The molecule has 2 atom stereocenters. The number of aryl methyl sites for hydroxylation is 1. The van der Waals surface area contributed by atoms with Gasteiger partial charge in [-0.1, -0.05) is 30.3 Å². The van der Waals surface area contributed by atoms with E-state index in [0.717, 1.165) is 30.5 Å². The molecule has 0 radical (unpaired) electrons. The van der Waals surface area contributed by atoms with Crippen LogP contribution in [0.5, 0.6) is 0 Å². The van der Waals surface area contributed by atoms with Gasteiger partial charge in [-0.15, -0.1) is 6.58 Å². The van der Waals surface area contributed by atoms with Crippen molar-refractivity contribution in [3.05, 3.63) is 59.3 Å². The van der Waals surface area contributed by atoms with E-state index in [1.807, 2.05) is 31.2 Å². The van der Waals surface area contributed by atoms with Gasteiger partial charge < -0.3 is 14.8 Å². The van der Waals surface area contributed by atoms with Crippen LogP contribution in [-0.2, 0) is 19.1 Å². The summed E-state index contributed by atoms with van der Waals surface area (Å²) in [5.74, 6) is -0.884. The lowest BCUT2D eigenvalue weighted by Crippen LogP contribution is -2.52. The minimum Gasteiger partial charge on any atom is -0.466 e. The highest BCUT2D eigenvalue weighted by atomic mass is 16.5. The van der Waals surface area contributed by atoms with E-state index in [1.54, 1.807) is 24.8 Å². The van der Waals surface area contributed by atoms with Crippen LogP contribution in [0.25, 0.3) is 0 Å². The maximum absolute atomic E-state index is 13.3. The second-order valence-corrected chi connectivity index (χ2v) is 8.55. The van der Waals surface area contributed by atoms with Crippen molar-refractivity contribution in [3.63, 3.8) is 0 Å². The number of nitrogens with one attached hydrogen (secondary N) is 1. The highest BCUT2D eigenvalue weighted by molar-refractivity contribution is 5.95. The molecule has 8 heteroatoms. The van der Waals surface area contributed by atoms with E-state index < -0.39 is 12.0 Å². The van der Waals surface area contributed by atoms with Gasteiger partial charge in [-0.3, -0.25) is 14.6 Å². The zero-order valence-corrected chi connectivity index (χ0v) is 20.3. The Hall–Kier alpha value is -3.13. The standard InChI is InChI=1S/C26H35N3O5/c1-5-14-29-21(17-28-15-10-12-19(16-28)24(30)33-6-2)22(25(31)34-7-3)23(27-26(29)32)20-13-9-8-11-18(20)4/h5,8-9,11,13,19,23H,1,6-7,10,12,14-17H2,2-4H3,(H,27,32). The van der Waals surface area contributed by atoms with Crippen LogP contribution in [-0.4, -0.2) is 67.2 Å². The Labute approximate surface area is 201 Å². The van der Waals surface area contributed by atoms with Gasteiger partial charge in [0.1, 0.15) is 0 Å². The molecule has 184 valence electrons. The lowest BCUT2D eigenvalue weighted by Gasteiger charge is -2.40. The second kappa shape index (κ2) is 11.8. The molecule has 1 N–H and O–H groups in total. The van der Waals surface area contributed by atoms with Crippen LogP contribution in [0.1, 0.15) is 43.9 Å². The summed E-state index contributed by atoms with van der Waals surface area (Å²) in [4.78, 5) is 42.5. The molecule has 1 saturated heterocycles. The first-order valence-corrected chi connectivity index (χ1v) is 11.9. The van der Waals surface area contributed by atoms with Crippen molar-refractivity contribution in [1.29, 1.82) is 0 Å². The lowest BCUT2D eigenvalue weighted by atomic mass is 9.91. The van der Waals surface area contributed by atoms with Crippen molar-refractivity contribution >= 4 is 18.0 Å². The molecule has 2 aliphatic heterocycles. The summed E-state index contributed by atoms with van der Waals surface area (Å²) in [6.07, 6.45) is 3.23. The summed E-state index contributed by atoms with van der Waals surface area (Å²) >= 11 is 0. The van der Waals surface area contributed by atoms with Gasteiger partial charge in [0.05, 0.1) is 30.7 Å². The first-order chi connectivity index (χ1) is 16.4. The third-order valence-corrected chi connectivity index (χ3v) is 6.24. The predicted molar refractivity (Wildman–Crippen MR) is 129 cm³/mol. The first-order valence-electron chi connectivity index (χ1n) is 11.9. The Morgan fingerprint density at radius 2 is 1.94 bits per heavy atom. The number of piperidine rings is 1. The molecule has 0 bridgehead atoms. The van der Waals surface area contributed by atoms with Crippen molar-refractivity contribution in [1.82, 2.24) is 15.1 Å². The molecule has 2 aliphatic rings. The Morgan fingerprint density at radius 1 is 1.21 bits per heavy atom. The fourth-order valence-electron chi connectivity index (χ4n) is 4.65. The van der Waals surface area contributed by atoms with Gasteiger partial charge in [0.15, 0.2) is 0 Å². The summed E-state index contributed by atoms with van der Waals surface area (Å²) in [5.41, 5.74) is 2.81. The van der Waals surface area contributed by atoms with Gasteiger partial charge in [0, 0.05) is 25.3 Å². The number of hydrogen-bond acceptors (Lipinski definition) is 6. The van der Waals surface area contributed by atoms with E-state index in [-0.39, 0.29) is 31.1 Å². The van der Waals surface area contributed by atoms with E-state index in [2.05, 4.69) is 16.8 Å². The molecule has 1 fully saturated rings. The SMILES string of the molecule is C=CCN1C(=O)NC(c2ccccc2C)C(C(=O)OCC)=C1CN1CCCC(C(=O)OCC)C1. The Kier molecular flexibility index (Phi) is 8.87. The Morgan fingerprint density at radius 3 is 2.62 bits per heavy atom. The molecular formula is C26H35N3O5.